The number of ketones is 1. The summed E-state index contributed by atoms with van der Waals surface area (Å²) in [4.78, 5) is 29.9. The molecule has 7 heteroatoms. The maximum atomic E-state index is 12.8. The number of Topliss-reactive ketones (excluding diaryl/α,β-unsaturated/α-hetero) is 1. The highest BCUT2D eigenvalue weighted by Gasteiger charge is 2.46. The van der Waals surface area contributed by atoms with Crippen LogP contribution in [-0.4, -0.2) is 60.4 Å². The van der Waals surface area contributed by atoms with E-state index in [2.05, 4.69) is 6.58 Å². The third-order valence-electron chi connectivity index (χ3n) is 4.64. The number of carbonyl (C=O) groups is 2. The first kappa shape index (κ1) is 20.8. The van der Waals surface area contributed by atoms with Gasteiger partial charge in [0.1, 0.15) is 18.1 Å². The van der Waals surface area contributed by atoms with E-state index in [4.69, 9.17) is 4.74 Å². The second-order valence-corrected chi connectivity index (χ2v) is 7.91. The Hall–Kier alpha value is -2.90. The number of ether oxygens (including phenoxy) is 1. The number of benzene rings is 1. The number of thiophene rings is 1. The Morgan fingerprint density at radius 3 is 2.59 bits per heavy atom. The molecule has 0 aliphatic carbocycles. The van der Waals surface area contributed by atoms with E-state index >= 15 is 0 Å². The molecule has 0 saturated carbocycles. The molecule has 2 heterocycles. The lowest BCUT2D eigenvalue weighted by Crippen LogP contribution is -2.35. The SMILES string of the molecule is C=CCOc1ccc(/C(O)=C2/C(=O)C(=O)N(CCN(C)C)[C@@H]2c2cccs2)cc1. The summed E-state index contributed by atoms with van der Waals surface area (Å²) in [5, 5.41) is 12.9. The summed E-state index contributed by atoms with van der Waals surface area (Å²) in [5.41, 5.74) is 0.582. The average molecular weight is 413 g/mol. The second kappa shape index (κ2) is 9.07. The Morgan fingerprint density at radius 1 is 1.28 bits per heavy atom. The molecule has 0 radical (unpaired) electrons. The quantitative estimate of drug-likeness (QED) is 0.312. The zero-order valence-corrected chi connectivity index (χ0v) is 17.3. The molecule has 6 nitrogen and oxygen atoms in total. The summed E-state index contributed by atoms with van der Waals surface area (Å²) in [6, 6.07) is 9.92. The molecule has 0 bridgehead atoms. The minimum absolute atomic E-state index is 0.121. The molecule has 0 unspecified atom stereocenters. The van der Waals surface area contributed by atoms with E-state index in [-0.39, 0.29) is 11.3 Å². The lowest BCUT2D eigenvalue weighted by molar-refractivity contribution is -0.140. The van der Waals surface area contributed by atoms with Crippen LogP contribution in [0.2, 0.25) is 0 Å². The minimum Gasteiger partial charge on any atom is -0.507 e. The van der Waals surface area contributed by atoms with Gasteiger partial charge in [0.15, 0.2) is 0 Å². The molecule has 1 fully saturated rings. The molecule has 0 spiro atoms. The van der Waals surface area contributed by atoms with Gasteiger partial charge in [-0.3, -0.25) is 9.59 Å². The summed E-state index contributed by atoms with van der Waals surface area (Å²) in [6.45, 7) is 4.99. The molecule has 1 N–H and O–H groups in total. The van der Waals surface area contributed by atoms with Crippen LogP contribution in [0.25, 0.3) is 5.76 Å². The molecule has 1 aliphatic heterocycles. The van der Waals surface area contributed by atoms with E-state index in [0.717, 1.165) is 4.88 Å². The molecule has 1 atom stereocenters. The fraction of sp³-hybridized carbons (Fsp3) is 0.273. The molecular formula is C22H24N2O4S. The number of carbonyl (C=O) groups excluding carboxylic acids is 2. The van der Waals surface area contributed by atoms with Crippen molar-refractivity contribution in [3.8, 4) is 5.75 Å². The zero-order chi connectivity index (χ0) is 21.0. The highest BCUT2D eigenvalue weighted by Crippen LogP contribution is 2.41. The Kier molecular flexibility index (Phi) is 6.51. The molecule has 29 heavy (non-hydrogen) atoms. The molecule has 2 aromatic rings. The maximum absolute atomic E-state index is 12.8. The van der Waals surface area contributed by atoms with Crippen LogP contribution >= 0.6 is 11.3 Å². The van der Waals surface area contributed by atoms with Crippen LogP contribution < -0.4 is 4.74 Å². The van der Waals surface area contributed by atoms with Crippen LogP contribution in [0.15, 0.2) is 60.0 Å². The van der Waals surface area contributed by atoms with Crippen LogP contribution in [0.5, 0.6) is 5.75 Å². The molecule has 1 aromatic heterocycles. The molecular weight excluding hydrogens is 388 g/mol. The Bertz CT molecular complexity index is 917. The highest BCUT2D eigenvalue weighted by atomic mass is 32.1. The van der Waals surface area contributed by atoms with E-state index in [0.29, 0.717) is 31.0 Å². The van der Waals surface area contributed by atoms with Gasteiger partial charge in [0.25, 0.3) is 11.7 Å². The normalized spacial score (nSPS) is 18.4. The van der Waals surface area contributed by atoms with Crippen molar-refractivity contribution >= 4 is 28.8 Å². The molecule has 1 amide bonds. The number of aliphatic hydroxyl groups excluding tert-OH is 1. The van der Waals surface area contributed by atoms with Gasteiger partial charge in [0.05, 0.1) is 11.6 Å². The number of aliphatic hydroxyl groups is 1. The summed E-state index contributed by atoms with van der Waals surface area (Å²) in [5.74, 6) is -0.795. The van der Waals surface area contributed by atoms with Gasteiger partial charge in [-0.25, -0.2) is 0 Å². The minimum atomic E-state index is -0.661. The Balaban J connectivity index is 2.00. The smallest absolute Gasteiger partial charge is 0.295 e. The molecule has 1 aromatic carbocycles. The predicted molar refractivity (Wildman–Crippen MR) is 114 cm³/mol. The van der Waals surface area contributed by atoms with Crippen molar-refractivity contribution in [3.05, 3.63) is 70.4 Å². The van der Waals surface area contributed by atoms with E-state index in [9.17, 15) is 14.7 Å². The number of likely N-dealkylation sites (tertiary alicyclic amines) is 1. The van der Waals surface area contributed by atoms with E-state index in [1.807, 2.05) is 36.5 Å². The Morgan fingerprint density at radius 2 is 2.00 bits per heavy atom. The predicted octanol–water partition coefficient (Wildman–Crippen LogP) is 3.30. The van der Waals surface area contributed by atoms with Gasteiger partial charge in [-0.05, 0) is 49.8 Å². The fourth-order valence-electron chi connectivity index (χ4n) is 3.18. The van der Waals surface area contributed by atoms with Gasteiger partial charge in [-0.1, -0.05) is 18.7 Å². The van der Waals surface area contributed by atoms with Crippen molar-refractivity contribution in [1.82, 2.24) is 9.80 Å². The highest BCUT2D eigenvalue weighted by molar-refractivity contribution is 7.10. The van der Waals surface area contributed by atoms with Crippen molar-refractivity contribution in [1.29, 1.82) is 0 Å². The number of rotatable bonds is 8. The van der Waals surface area contributed by atoms with E-state index < -0.39 is 17.7 Å². The van der Waals surface area contributed by atoms with Crippen molar-refractivity contribution in [2.45, 2.75) is 6.04 Å². The molecule has 1 saturated heterocycles. The van der Waals surface area contributed by atoms with Crippen molar-refractivity contribution < 1.29 is 19.4 Å². The largest absolute Gasteiger partial charge is 0.507 e. The van der Waals surface area contributed by atoms with Crippen LogP contribution in [0, 0.1) is 0 Å². The summed E-state index contributed by atoms with van der Waals surface area (Å²) >= 11 is 1.46. The molecule has 3 rings (SSSR count). The van der Waals surface area contributed by atoms with E-state index in [1.165, 1.54) is 11.3 Å². The van der Waals surface area contributed by atoms with Crippen LogP contribution in [0.4, 0.5) is 0 Å². The van der Waals surface area contributed by atoms with Gasteiger partial charge in [-0.2, -0.15) is 0 Å². The lowest BCUT2D eigenvalue weighted by atomic mass is 10.00. The van der Waals surface area contributed by atoms with Gasteiger partial charge >= 0.3 is 0 Å². The van der Waals surface area contributed by atoms with Crippen LogP contribution in [-0.2, 0) is 9.59 Å². The first-order valence-corrected chi connectivity index (χ1v) is 10.1. The lowest BCUT2D eigenvalue weighted by Gasteiger charge is -2.25. The summed E-state index contributed by atoms with van der Waals surface area (Å²) in [7, 11) is 3.82. The Labute approximate surface area is 174 Å². The third-order valence-corrected chi connectivity index (χ3v) is 5.56. The molecule has 1 aliphatic rings. The van der Waals surface area contributed by atoms with E-state index in [1.54, 1.807) is 35.2 Å². The van der Waals surface area contributed by atoms with Gasteiger partial charge in [0, 0.05) is 23.5 Å². The second-order valence-electron chi connectivity index (χ2n) is 6.94. The molecule has 152 valence electrons. The zero-order valence-electron chi connectivity index (χ0n) is 16.5. The monoisotopic (exact) mass is 412 g/mol. The summed E-state index contributed by atoms with van der Waals surface area (Å²) < 4.78 is 5.46. The van der Waals surface area contributed by atoms with Crippen LogP contribution in [0.1, 0.15) is 16.5 Å². The van der Waals surface area contributed by atoms with Crippen molar-refractivity contribution in [2.24, 2.45) is 0 Å². The summed E-state index contributed by atoms with van der Waals surface area (Å²) in [6.07, 6.45) is 1.64. The number of hydrogen-bond acceptors (Lipinski definition) is 6. The average Bonchev–Trinajstić information content (AvgIpc) is 3.32. The third kappa shape index (κ3) is 4.41. The topological polar surface area (TPSA) is 70.1 Å². The maximum Gasteiger partial charge on any atom is 0.295 e. The van der Waals surface area contributed by atoms with Gasteiger partial charge in [-0.15, -0.1) is 11.3 Å². The number of likely N-dealkylation sites (N-methyl/N-ethyl adjacent to an activating group) is 1. The van der Waals surface area contributed by atoms with Gasteiger partial charge in [0.2, 0.25) is 0 Å². The number of hydrogen-bond donors (Lipinski definition) is 1. The van der Waals surface area contributed by atoms with Crippen molar-refractivity contribution in [2.75, 3.05) is 33.8 Å². The standard InChI is InChI=1S/C22H24N2O4S/c1-4-13-28-16-9-7-15(8-10-16)20(25)18-19(17-6-5-14-29-17)24(12-11-23(2)3)22(27)21(18)26/h4-10,14,19,25H,1,11-13H2,2-3H3/b20-18-/t19-/m1/s1. The first-order chi connectivity index (χ1) is 13.9. The first-order valence-electron chi connectivity index (χ1n) is 9.24. The van der Waals surface area contributed by atoms with Crippen LogP contribution in [0.3, 0.4) is 0 Å². The number of amides is 1. The fourth-order valence-corrected chi connectivity index (χ4v) is 4.03. The number of nitrogens with zero attached hydrogens (tertiary/aromatic N) is 2. The van der Waals surface area contributed by atoms with Gasteiger partial charge < -0.3 is 19.6 Å². The van der Waals surface area contributed by atoms with Crippen molar-refractivity contribution in [3.63, 3.8) is 0 Å².